The Kier molecular flexibility index (Phi) is 8.91. The summed E-state index contributed by atoms with van der Waals surface area (Å²) in [4.78, 5) is 2.52. The van der Waals surface area contributed by atoms with Gasteiger partial charge in [-0.1, -0.05) is 206 Å². The number of nitrogens with zero attached hydrogens (tertiary/aromatic N) is 1. The van der Waals surface area contributed by atoms with E-state index in [4.69, 9.17) is 0 Å². The average molecular weight is 858 g/mol. The van der Waals surface area contributed by atoms with Crippen LogP contribution in [0.4, 0.5) is 17.1 Å². The number of benzene rings is 10. The molecule has 0 bridgehead atoms. The molecule has 0 radical (unpaired) electrons. The third kappa shape index (κ3) is 5.59. The van der Waals surface area contributed by atoms with Crippen molar-refractivity contribution in [3.05, 3.63) is 305 Å². The number of hydrogen-bond acceptors (Lipinski definition) is 2. The lowest BCUT2D eigenvalue weighted by atomic mass is 9.67. The zero-order valence-electron chi connectivity index (χ0n) is 36.2. The van der Waals surface area contributed by atoms with Crippen LogP contribution in [0.1, 0.15) is 44.5 Å². The quantitative estimate of drug-likeness (QED) is 0.147. The normalized spacial score (nSPS) is 13.7. The molecular formula is C64H43NS. The van der Waals surface area contributed by atoms with Gasteiger partial charge in [-0.25, -0.2) is 0 Å². The lowest BCUT2D eigenvalue weighted by molar-refractivity contribution is 0.768. The molecule has 0 saturated carbocycles. The highest BCUT2D eigenvalue weighted by atomic mass is 32.1. The summed E-state index contributed by atoms with van der Waals surface area (Å²) in [6.07, 6.45) is 0. The monoisotopic (exact) mass is 857 g/mol. The van der Waals surface area contributed by atoms with Gasteiger partial charge in [0, 0.05) is 21.6 Å². The summed E-state index contributed by atoms with van der Waals surface area (Å²) in [6.45, 7) is 0. The molecule has 2 heteroatoms. The average Bonchev–Trinajstić information content (AvgIpc) is 4.08. The maximum atomic E-state index is 2.52. The summed E-state index contributed by atoms with van der Waals surface area (Å²) in [5.41, 5.74) is 20.0. The van der Waals surface area contributed by atoms with Crippen molar-refractivity contribution in [2.45, 2.75) is 10.8 Å². The first-order valence-electron chi connectivity index (χ1n) is 22.8. The highest BCUT2D eigenvalue weighted by Gasteiger charge is 2.48. The van der Waals surface area contributed by atoms with Crippen molar-refractivity contribution in [1.82, 2.24) is 0 Å². The van der Waals surface area contributed by atoms with Gasteiger partial charge < -0.3 is 4.90 Å². The van der Waals surface area contributed by atoms with Crippen molar-refractivity contribution in [2.75, 3.05) is 4.90 Å². The zero-order valence-corrected chi connectivity index (χ0v) is 37.0. The Hall–Kier alpha value is -8.04. The minimum atomic E-state index is -0.526. The van der Waals surface area contributed by atoms with Gasteiger partial charge >= 0.3 is 0 Å². The van der Waals surface area contributed by atoms with Gasteiger partial charge in [0.2, 0.25) is 0 Å². The fourth-order valence-electron chi connectivity index (χ4n) is 11.6. The van der Waals surface area contributed by atoms with Crippen LogP contribution >= 0.6 is 11.3 Å². The van der Waals surface area contributed by atoms with E-state index in [1.807, 2.05) is 0 Å². The third-order valence-corrected chi connectivity index (χ3v) is 15.2. The summed E-state index contributed by atoms with van der Waals surface area (Å²) in [5, 5.41) is 3.46. The second-order valence-corrected chi connectivity index (χ2v) is 18.5. The van der Waals surface area contributed by atoms with Gasteiger partial charge in [0.05, 0.1) is 16.5 Å². The molecule has 310 valence electrons. The Bertz CT molecular complexity index is 3490. The van der Waals surface area contributed by atoms with Crippen molar-refractivity contribution < 1.29 is 0 Å². The summed E-state index contributed by atoms with van der Waals surface area (Å²) < 4.78 is 1.31. The van der Waals surface area contributed by atoms with Gasteiger partial charge in [0.1, 0.15) is 0 Å². The molecule has 0 fully saturated rings. The summed E-state index contributed by atoms with van der Waals surface area (Å²) >= 11 is 1.79. The smallest absolute Gasteiger partial charge is 0.0714 e. The van der Waals surface area contributed by atoms with Crippen LogP contribution in [-0.4, -0.2) is 0 Å². The van der Waals surface area contributed by atoms with E-state index in [0.717, 1.165) is 17.1 Å². The van der Waals surface area contributed by atoms with E-state index in [-0.39, 0.29) is 0 Å². The lowest BCUT2D eigenvalue weighted by Crippen LogP contribution is -2.28. The SMILES string of the molecule is c1ccc(C2(c3ccccc3)c3ccccc3-c3cc(N(c4ccc(-c5ccc6sccc6c5)cc4)c4cccc5c4-c4ccccc4C5(c4ccccc4)c4ccccc4)ccc32)cc1. The number of fused-ring (bicyclic) bond motifs is 7. The Labute approximate surface area is 390 Å². The Morgan fingerprint density at radius 2 is 0.803 bits per heavy atom. The van der Waals surface area contributed by atoms with E-state index in [0.29, 0.717) is 0 Å². The molecule has 2 aliphatic carbocycles. The molecule has 0 spiro atoms. The van der Waals surface area contributed by atoms with Gasteiger partial charge in [-0.05, 0) is 132 Å². The first-order valence-corrected chi connectivity index (χ1v) is 23.7. The van der Waals surface area contributed by atoms with Crippen LogP contribution in [0.25, 0.3) is 43.5 Å². The largest absolute Gasteiger partial charge is 0.310 e. The fourth-order valence-corrected chi connectivity index (χ4v) is 12.4. The van der Waals surface area contributed by atoms with Crippen LogP contribution in [0.5, 0.6) is 0 Å². The number of rotatable bonds is 8. The van der Waals surface area contributed by atoms with Crippen LogP contribution in [0.15, 0.2) is 260 Å². The second-order valence-electron chi connectivity index (χ2n) is 17.5. The van der Waals surface area contributed by atoms with Crippen molar-refractivity contribution >= 4 is 38.5 Å². The molecule has 0 amide bonds. The van der Waals surface area contributed by atoms with E-state index >= 15 is 0 Å². The second kappa shape index (κ2) is 15.3. The maximum Gasteiger partial charge on any atom is 0.0714 e. The predicted molar refractivity (Wildman–Crippen MR) is 277 cm³/mol. The Balaban J connectivity index is 1.08. The maximum absolute atomic E-state index is 2.52. The minimum Gasteiger partial charge on any atom is -0.310 e. The molecule has 1 nitrogen and oxygen atoms in total. The predicted octanol–water partition coefficient (Wildman–Crippen LogP) is 16.8. The molecule has 0 unspecified atom stereocenters. The van der Waals surface area contributed by atoms with Crippen molar-refractivity contribution in [3.8, 4) is 33.4 Å². The van der Waals surface area contributed by atoms with Crippen LogP contribution in [0, 0.1) is 0 Å². The van der Waals surface area contributed by atoms with Crippen LogP contribution in [0.3, 0.4) is 0 Å². The topological polar surface area (TPSA) is 3.24 Å². The van der Waals surface area contributed by atoms with Gasteiger partial charge in [0.25, 0.3) is 0 Å². The molecule has 10 aromatic carbocycles. The molecule has 13 rings (SSSR count). The third-order valence-electron chi connectivity index (χ3n) is 14.3. The van der Waals surface area contributed by atoms with Crippen molar-refractivity contribution in [1.29, 1.82) is 0 Å². The molecule has 11 aromatic rings. The molecule has 1 heterocycles. The fraction of sp³-hybridized carbons (Fsp3) is 0.0312. The molecule has 0 aliphatic heterocycles. The number of hydrogen-bond donors (Lipinski definition) is 0. The van der Waals surface area contributed by atoms with E-state index in [1.54, 1.807) is 11.3 Å². The van der Waals surface area contributed by atoms with Crippen molar-refractivity contribution in [2.24, 2.45) is 0 Å². The van der Waals surface area contributed by atoms with Crippen molar-refractivity contribution in [3.63, 3.8) is 0 Å². The first kappa shape index (κ1) is 38.4. The van der Waals surface area contributed by atoms with E-state index in [1.165, 1.54) is 88.0 Å². The van der Waals surface area contributed by atoms with Gasteiger partial charge in [-0.2, -0.15) is 0 Å². The molecule has 1 aromatic heterocycles. The minimum absolute atomic E-state index is 0.485. The molecule has 0 saturated heterocycles. The van der Waals surface area contributed by atoms with E-state index in [9.17, 15) is 0 Å². The van der Waals surface area contributed by atoms with Gasteiger partial charge in [-0.15, -0.1) is 11.3 Å². The summed E-state index contributed by atoms with van der Waals surface area (Å²) in [7, 11) is 0. The molecule has 66 heavy (non-hydrogen) atoms. The molecule has 0 N–H and O–H groups in total. The molecular weight excluding hydrogens is 815 g/mol. The lowest BCUT2D eigenvalue weighted by Gasteiger charge is -2.35. The molecule has 2 aliphatic rings. The Morgan fingerprint density at radius 1 is 0.318 bits per heavy atom. The summed E-state index contributed by atoms with van der Waals surface area (Å²) in [5.74, 6) is 0. The van der Waals surface area contributed by atoms with Gasteiger partial charge in [-0.3, -0.25) is 0 Å². The van der Waals surface area contributed by atoms with Crippen LogP contribution in [-0.2, 0) is 10.8 Å². The highest BCUT2D eigenvalue weighted by molar-refractivity contribution is 7.17. The van der Waals surface area contributed by atoms with Crippen LogP contribution in [0.2, 0.25) is 0 Å². The molecule has 0 atom stereocenters. The van der Waals surface area contributed by atoms with E-state index in [2.05, 4.69) is 265 Å². The first-order chi connectivity index (χ1) is 32.7. The summed E-state index contributed by atoms with van der Waals surface area (Å²) in [6, 6.07) is 95.0. The number of thiophene rings is 1. The van der Waals surface area contributed by atoms with Gasteiger partial charge in [0.15, 0.2) is 0 Å². The van der Waals surface area contributed by atoms with E-state index < -0.39 is 10.8 Å². The van der Waals surface area contributed by atoms with Crippen LogP contribution < -0.4 is 4.90 Å². The highest BCUT2D eigenvalue weighted by Crippen LogP contribution is 2.61. The number of anilines is 3. The Morgan fingerprint density at radius 3 is 1.42 bits per heavy atom. The standard InChI is InChI=1S/C64H43NS/c1-5-18-47(19-6-1)63(48-20-7-2-8-21-48)56-28-15-13-26-53(56)55-43-52(37-38-58(55)63)65(51-35-32-44(33-36-51)45-34-39-61-46(42-45)40-41-66-61)60-31-17-30-59-62(60)54-27-14-16-29-57(54)64(59,49-22-9-3-10-23-49)50-24-11-4-12-25-50/h1-43H. The zero-order chi connectivity index (χ0) is 43.7.